The van der Waals surface area contributed by atoms with Gasteiger partial charge in [0.15, 0.2) is 11.5 Å². The first-order valence-corrected chi connectivity index (χ1v) is 11.0. The number of morpholine rings is 1. The number of carbonyl (C=O) groups excluding carboxylic acids is 1. The highest BCUT2D eigenvalue weighted by atomic mass is 16.5. The quantitative estimate of drug-likeness (QED) is 0.705. The van der Waals surface area contributed by atoms with E-state index in [1.165, 1.54) is 4.68 Å². The van der Waals surface area contributed by atoms with E-state index in [4.69, 9.17) is 14.2 Å². The van der Waals surface area contributed by atoms with Crippen LogP contribution < -0.4 is 15.0 Å². The van der Waals surface area contributed by atoms with Gasteiger partial charge in [-0.15, -0.1) is 0 Å². The summed E-state index contributed by atoms with van der Waals surface area (Å²) >= 11 is 0. The predicted molar refractivity (Wildman–Crippen MR) is 119 cm³/mol. The molecule has 9 nitrogen and oxygen atoms in total. The van der Waals surface area contributed by atoms with Gasteiger partial charge in [0.2, 0.25) is 0 Å². The molecule has 0 N–H and O–H groups in total. The zero-order valence-electron chi connectivity index (χ0n) is 18.7. The Morgan fingerprint density at radius 2 is 1.69 bits per heavy atom. The van der Waals surface area contributed by atoms with Gasteiger partial charge >= 0.3 is 6.03 Å². The van der Waals surface area contributed by atoms with Crippen LogP contribution in [0.5, 0.6) is 11.5 Å². The number of urea groups is 1. The van der Waals surface area contributed by atoms with E-state index in [1.807, 2.05) is 28.0 Å². The maximum atomic E-state index is 12.7. The fraction of sp³-hybridized carbons (Fsp3) is 0.522. The number of methoxy groups -OCH3 is 2. The van der Waals surface area contributed by atoms with Crippen LogP contribution in [0.25, 0.3) is 11.3 Å². The highest BCUT2D eigenvalue weighted by Crippen LogP contribution is 2.31. The molecule has 2 saturated heterocycles. The van der Waals surface area contributed by atoms with E-state index in [2.05, 4.69) is 5.10 Å². The standard InChI is InChI=1S/C23H30N4O5/c1-30-20-5-3-18(15-21(20)31-2)19-4-6-22(28)27(24-19)16-17-7-9-25(10-8-17)23(29)26-11-13-32-14-12-26/h3-6,15,17H,7-14,16H2,1-2H3. The zero-order valence-corrected chi connectivity index (χ0v) is 18.7. The van der Waals surface area contributed by atoms with Crippen molar-refractivity contribution in [2.75, 3.05) is 53.6 Å². The van der Waals surface area contributed by atoms with Gasteiger partial charge in [-0.3, -0.25) is 4.79 Å². The van der Waals surface area contributed by atoms with Gasteiger partial charge < -0.3 is 24.0 Å². The molecule has 32 heavy (non-hydrogen) atoms. The maximum absolute atomic E-state index is 12.7. The second-order valence-corrected chi connectivity index (χ2v) is 8.12. The number of hydrogen-bond acceptors (Lipinski definition) is 6. The Morgan fingerprint density at radius 1 is 1.00 bits per heavy atom. The molecule has 4 rings (SSSR count). The number of aromatic nitrogens is 2. The number of piperidine rings is 1. The lowest BCUT2D eigenvalue weighted by atomic mass is 9.97. The lowest BCUT2D eigenvalue weighted by Gasteiger charge is -2.37. The van der Waals surface area contributed by atoms with Gasteiger partial charge in [-0.1, -0.05) is 0 Å². The lowest BCUT2D eigenvalue weighted by Crippen LogP contribution is -2.50. The molecule has 0 unspecified atom stereocenters. The van der Waals surface area contributed by atoms with E-state index in [1.54, 1.807) is 26.4 Å². The first-order valence-electron chi connectivity index (χ1n) is 11.0. The van der Waals surface area contributed by atoms with Gasteiger partial charge in [-0.25, -0.2) is 9.48 Å². The second-order valence-electron chi connectivity index (χ2n) is 8.12. The van der Waals surface area contributed by atoms with Crippen molar-refractivity contribution in [2.24, 2.45) is 5.92 Å². The predicted octanol–water partition coefficient (Wildman–Crippen LogP) is 2.09. The third-order valence-corrected chi connectivity index (χ3v) is 6.14. The van der Waals surface area contributed by atoms with Gasteiger partial charge in [0, 0.05) is 44.4 Å². The summed E-state index contributed by atoms with van der Waals surface area (Å²) in [6.45, 7) is 4.46. The highest BCUT2D eigenvalue weighted by molar-refractivity contribution is 5.74. The Balaban J connectivity index is 1.41. The molecule has 2 fully saturated rings. The van der Waals surface area contributed by atoms with Gasteiger partial charge in [0.1, 0.15) is 0 Å². The minimum absolute atomic E-state index is 0.0949. The summed E-state index contributed by atoms with van der Waals surface area (Å²) in [6.07, 6.45) is 1.70. The molecule has 172 valence electrons. The first-order chi connectivity index (χ1) is 15.6. The topological polar surface area (TPSA) is 86.1 Å². The van der Waals surface area contributed by atoms with Crippen LogP contribution in [-0.4, -0.2) is 79.2 Å². The molecule has 9 heteroatoms. The van der Waals surface area contributed by atoms with E-state index in [0.29, 0.717) is 69.0 Å². The Kier molecular flexibility index (Phi) is 6.94. The molecule has 1 aromatic heterocycles. The van der Waals surface area contributed by atoms with Crippen LogP contribution in [0.15, 0.2) is 35.1 Å². The van der Waals surface area contributed by atoms with Crippen LogP contribution in [0, 0.1) is 5.92 Å². The molecule has 0 spiro atoms. The largest absolute Gasteiger partial charge is 0.493 e. The van der Waals surface area contributed by atoms with Crippen LogP contribution >= 0.6 is 0 Å². The van der Waals surface area contributed by atoms with E-state index in [9.17, 15) is 9.59 Å². The molecule has 0 aliphatic carbocycles. The summed E-state index contributed by atoms with van der Waals surface area (Å²) in [5.74, 6) is 1.56. The normalized spacial score (nSPS) is 17.3. The Labute approximate surface area is 187 Å². The van der Waals surface area contributed by atoms with Crippen molar-refractivity contribution >= 4 is 6.03 Å². The molecule has 2 aliphatic heterocycles. The van der Waals surface area contributed by atoms with Crippen molar-refractivity contribution in [3.63, 3.8) is 0 Å². The van der Waals surface area contributed by atoms with Crippen molar-refractivity contribution in [1.29, 1.82) is 0 Å². The molecule has 2 aromatic rings. The number of rotatable bonds is 5. The van der Waals surface area contributed by atoms with Crippen molar-refractivity contribution in [3.05, 3.63) is 40.7 Å². The number of amides is 2. The zero-order chi connectivity index (χ0) is 22.5. The third-order valence-electron chi connectivity index (χ3n) is 6.14. The average molecular weight is 443 g/mol. The molecule has 1 aromatic carbocycles. The molecule has 0 atom stereocenters. The first kappa shape index (κ1) is 22.1. The SMILES string of the molecule is COc1ccc(-c2ccc(=O)n(CC3CCN(C(=O)N4CCOCC4)CC3)n2)cc1OC. The van der Waals surface area contributed by atoms with Crippen LogP contribution in [-0.2, 0) is 11.3 Å². The number of likely N-dealkylation sites (tertiary alicyclic amines) is 1. The van der Waals surface area contributed by atoms with Crippen LogP contribution in [0.2, 0.25) is 0 Å². The Bertz CT molecular complexity index is 994. The number of benzene rings is 1. The molecule has 0 saturated carbocycles. The van der Waals surface area contributed by atoms with Gasteiger partial charge in [0.05, 0.1) is 33.1 Å². The van der Waals surface area contributed by atoms with Crippen LogP contribution in [0.1, 0.15) is 12.8 Å². The minimum Gasteiger partial charge on any atom is -0.493 e. The van der Waals surface area contributed by atoms with E-state index < -0.39 is 0 Å². The van der Waals surface area contributed by atoms with Crippen molar-refractivity contribution < 1.29 is 19.0 Å². The van der Waals surface area contributed by atoms with E-state index in [0.717, 1.165) is 18.4 Å². The van der Waals surface area contributed by atoms with Gasteiger partial charge in [-0.2, -0.15) is 5.10 Å². The minimum atomic E-state index is -0.124. The van der Waals surface area contributed by atoms with Gasteiger partial charge in [0.25, 0.3) is 5.56 Å². The fourth-order valence-corrected chi connectivity index (χ4v) is 4.24. The molecular formula is C23H30N4O5. The molecule has 2 aliphatic rings. The van der Waals surface area contributed by atoms with Crippen molar-refractivity contribution in [1.82, 2.24) is 19.6 Å². The van der Waals surface area contributed by atoms with Crippen LogP contribution in [0.3, 0.4) is 0 Å². The average Bonchev–Trinajstić information content (AvgIpc) is 2.85. The summed E-state index contributed by atoms with van der Waals surface area (Å²) in [6, 6.07) is 8.95. The van der Waals surface area contributed by atoms with Gasteiger partial charge in [-0.05, 0) is 43.0 Å². The molecule has 3 heterocycles. The Hall–Kier alpha value is -3.07. The lowest BCUT2D eigenvalue weighted by molar-refractivity contribution is 0.0396. The number of hydrogen-bond donors (Lipinski definition) is 0. The monoisotopic (exact) mass is 442 g/mol. The molecule has 0 bridgehead atoms. The fourth-order valence-electron chi connectivity index (χ4n) is 4.24. The maximum Gasteiger partial charge on any atom is 0.320 e. The van der Waals surface area contributed by atoms with E-state index >= 15 is 0 Å². The summed E-state index contributed by atoms with van der Waals surface area (Å²) in [7, 11) is 3.18. The van der Waals surface area contributed by atoms with Crippen molar-refractivity contribution in [2.45, 2.75) is 19.4 Å². The number of carbonyl (C=O) groups is 1. The Morgan fingerprint density at radius 3 is 2.38 bits per heavy atom. The second kappa shape index (κ2) is 10.0. The highest BCUT2D eigenvalue weighted by Gasteiger charge is 2.27. The third kappa shape index (κ3) is 4.88. The molecule has 2 amide bonds. The molecule has 0 radical (unpaired) electrons. The summed E-state index contributed by atoms with van der Waals surface area (Å²) in [4.78, 5) is 28.9. The number of ether oxygens (including phenoxy) is 3. The summed E-state index contributed by atoms with van der Waals surface area (Å²) < 4.78 is 17.6. The summed E-state index contributed by atoms with van der Waals surface area (Å²) in [5.41, 5.74) is 1.42. The van der Waals surface area contributed by atoms with Crippen molar-refractivity contribution in [3.8, 4) is 22.8 Å². The summed E-state index contributed by atoms with van der Waals surface area (Å²) in [5, 5.41) is 4.60. The smallest absolute Gasteiger partial charge is 0.320 e. The van der Waals surface area contributed by atoms with Crippen LogP contribution in [0.4, 0.5) is 4.79 Å². The van der Waals surface area contributed by atoms with E-state index in [-0.39, 0.29) is 11.6 Å². The molecular weight excluding hydrogens is 412 g/mol. The number of nitrogens with zero attached hydrogens (tertiary/aromatic N) is 4.